The molecule has 0 unspecified atom stereocenters. The first kappa shape index (κ1) is 13.0. The Morgan fingerprint density at radius 3 is 2.81 bits per heavy atom. The first-order chi connectivity index (χ1) is 10.2. The van der Waals surface area contributed by atoms with Crippen LogP contribution in [0.3, 0.4) is 0 Å². The number of aryl methyl sites for hydroxylation is 1. The minimum atomic E-state index is -0.172. The van der Waals surface area contributed by atoms with Gasteiger partial charge in [-0.3, -0.25) is 19.6 Å². The van der Waals surface area contributed by atoms with Crippen LogP contribution in [0, 0.1) is 6.92 Å². The zero-order valence-corrected chi connectivity index (χ0v) is 11.4. The summed E-state index contributed by atoms with van der Waals surface area (Å²) < 4.78 is 1.63. The molecule has 0 atom stereocenters. The van der Waals surface area contributed by atoms with Crippen molar-refractivity contribution in [1.82, 2.24) is 25.0 Å². The van der Waals surface area contributed by atoms with E-state index in [1.165, 1.54) is 0 Å². The van der Waals surface area contributed by atoms with Crippen molar-refractivity contribution in [2.75, 3.05) is 5.32 Å². The topological polar surface area (TPSA) is 88.5 Å². The number of amides is 1. The predicted molar refractivity (Wildman–Crippen MR) is 77.4 cm³/mol. The quantitative estimate of drug-likeness (QED) is 0.761. The normalized spacial score (nSPS) is 10.5. The van der Waals surface area contributed by atoms with Gasteiger partial charge in [-0.2, -0.15) is 10.2 Å². The second-order valence-electron chi connectivity index (χ2n) is 4.58. The molecule has 0 aromatic carbocycles. The minimum absolute atomic E-state index is 0.163. The van der Waals surface area contributed by atoms with Gasteiger partial charge in [0.1, 0.15) is 6.54 Å². The van der Waals surface area contributed by atoms with Gasteiger partial charge in [-0.1, -0.05) is 0 Å². The molecule has 3 aromatic rings. The van der Waals surface area contributed by atoms with Crippen LogP contribution in [0.4, 0.5) is 5.82 Å². The van der Waals surface area contributed by atoms with Gasteiger partial charge in [0.25, 0.3) is 0 Å². The molecule has 0 aliphatic carbocycles. The Kier molecular flexibility index (Phi) is 3.46. The van der Waals surface area contributed by atoms with Crippen LogP contribution in [0.2, 0.25) is 0 Å². The highest BCUT2D eigenvalue weighted by molar-refractivity contribution is 5.90. The smallest absolute Gasteiger partial charge is 0.247 e. The van der Waals surface area contributed by atoms with E-state index >= 15 is 0 Å². The molecule has 1 amide bonds. The fraction of sp³-hybridized carbons (Fsp3) is 0.143. The lowest BCUT2D eigenvalue weighted by Gasteiger charge is -2.03. The number of pyridine rings is 1. The second-order valence-corrected chi connectivity index (χ2v) is 4.58. The van der Waals surface area contributed by atoms with Crippen LogP contribution >= 0.6 is 0 Å². The average molecular weight is 282 g/mol. The third-order valence-electron chi connectivity index (χ3n) is 3.06. The van der Waals surface area contributed by atoms with Gasteiger partial charge in [0.2, 0.25) is 5.91 Å². The number of anilines is 1. The van der Waals surface area contributed by atoms with Crippen molar-refractivity contribution in [3.8, 4) is 11.3 Å². The van der Waals surface area contributed by atoms with E-state index in [9.17, 15) is 4.79 Å². The van der Waals surface area contributed by atoms with Gasteiger partial charge < -0.3 is 5.32 Å². The Morgan fingerprint density at radius 2 is 2.10 bits per heavy atom. The fourth-order valence-corrected chi connectivity index (χ4v) is 1.95. The molecule has 0 spiro atoms. The van der Waals surface area contributed by atoms with Gasteiger partial charge in [-0.05, 0) is 25.1 Å². The fourth-order valence-electron chi connectivity index (χ4n) is 1.95. The van der Waals surface area contributed by atoms with Crippen LogP contribution in [0.15, 0.2) is 42.9 Å². The number of aromatic nitrogens is 5. The maximum Gasteiger partial charge on any atom is 0.247 e. The molecule has 2 N–H and O–H groups in total. The van der Waals surface area contributed by atoms with Gasteiger partial charge >= 0.3 is 0 Å². The second kappa shape index (κ2) is 5.58. The maximum absolute atomic E-state index is 11.9. The highest BCUT2D eigenvalue weighted by Gasteiger charge is 2.09. The zero-order valence-electron chi connectivity index (χ0n) is 11.4. The third kappa shape index (κ3) is 2.97. The lowest BCUT2D eigenvalue weighted by atomic mass is 10.2. The summed E-state index contributed by atoms with van der Waals surface area (Å²) in [6.07, 6.45) is 5.07. The Balaban J connectivity index is 1.67. The predicted octanol–water partition coefficient (Wildman–Crippen LogP) is 1.62. The number of aromatic amines is 1. The lowest BCUT2D eigenvalue weighted by molar-refractivity contribution is -0.117. The lowest BCUT2D eigenvalue weighted by Crippen LogP contribution is -2.20. The van der Waals surface area contributed by atoms with E-state index in [1.54, 1.807) is 29.3 Å². The van der Waals surface area contributed by atoms with Gasteiger partial charge in [-0.15, -0.1) is 0 Å². The largest absolute Gasteiger partial charge is 0.308 e. The molecule has 3 rings (SSSR count). The summed E-state index contributed by atoms with van der Waals surface area (Å²) in [5.41, 5.74) is 2.72. The molecule has 0 bridgehead atoms. The molecular formula is C14H14N6O. The Labute approximate surface area is 121 Å². The highest BCUT2D eigenvalue weighted by Crippen LogP contribution is 2.18. The maximum atomic E-state index is 11.9. The summed E-state index contributed by atoms with van der Waals surface area (Å²) in [4.78, 5) is 15.9. The molecular weight excluding hydrogens is 268 g/mol. The molecule has 0 radical (unpaired) electrons. The minimum Gasteiger partial charge on any atom is -0.308 e. The Hall–Kier alpha value is -2.96. The summed E-state index contributed by atoms with van der Waals surface area (Å²) >= 11 is 0. The first-order valence-electron chi connectivity index (χ1n) is 6.46. The molecule has 106 valence electrons. The average Bonchev–Trinajstić information content (AvgIpc) is 3.10. The van der Waals surface area contributed by atoms with E-state index in [2.05, 4.69) is 25.6 Å². The first-order valence-corrected chi connectivity index (χ1v) is 6.46. The number of nitrogens with zero attached hydrogens (tertiary/aromatic N) is 4. The summed E-state index contributed by atoms with van der Waals surface area (Å²) in [5, 5.41) is 13.8. The van der Waals surface area contributed by atoms with Crippen molar-refractivity contribution in [3.05, 3.63) is 48.5 Å². The van der Waals surface area contributed by atoms with E-state index in [-0.39, 0.29) is 12.5 Å². The molecule has 0 fully saturated rings. The summed E-state index contributed by atoms with van der Waals surface area (Å²) in [7, 11) is 0. The van der Waals surface area contributed by atoms with Crippen LogP contribution < -0.4 is 5.32 Å². The number of H-pyrrole nitrogens is 1. The summed E-state index contributed by atoms with van der Waals surface area (Å²) in [5.74, 6) is 0.311. The van der Waals surface area contributed by atoms with Gasteiger partial charge in [0.15, 0.2) is 5.82 Å². The molecule has 3 heterocycles. The SMILES string of the molecule is Cc1ccnn1CC(=O)Nc1cc(-c2ccncc2)[nH]n1. The van der Waals surface area contributed by atoms with Gasteiger partial charge in [0, 0.05) is 35.9 Å². The molecule has 7 heteroatoms. The van der Waals surface area contributed by atoms with Crippen molar-refractivity contribution < 1.29 is 4.79 Å². The zero-order chi connectivity index (χ0) is 14.7. The molecule has 3 aromatic heterocycles. The van der Waals surface area contributed by atoms with E-state index in [1.807, 2.05) is 25.1 Å². The van der Waals surface area contributed by atoms with Crippen molar-refractivity contribution in [3.63, 3.8) is 0 Å². The van der Waals surface area contributed by atoms with E-state index < -0.39 is 0 Å². The highest BCUT2D eigenvalue weighted by atomic mass is 16.2. The van der Waals surface area contributed by atoms with E-state index in [4.69, 9.17) is 0 Å². The van der Waals surface area contributed by atoms with Crippen LogP contribution in [0.1, 0.15) is 5.69 Å². The van der Waals surface area contributed by atoms with Crippen LogP contribution in [0.5, 0.6) is 0 Å². The van der Waals surface area contributed by atoms with Crippen molar-refractivity contribution in [1.29, 1.82) is 0 Å². The number of carbonyl (C=O) groups excluding carboxylic acids is 1. The Morgan fingerprint density at radius 1 is 1.29 bits per heavy atom. The molecule has 0 aliphatic rings. The molecule has 0 saturated heterocycles. The van der Waals surface area contributed by atoms with Crippen LogP contribution in [-0.2, 0) is 11.3 Å². The van der Waals surface area contributed by atoms with Crippen molar-refractivity contribution in [2.24, 2.45) is 0 Å². The van der Waals surface area contributed by atoms with Gasteiger partial charge in [-0.25, -0.2) is 0 Å². The molecule has 7 nitrogen and oxygen atoms in total. The number of nitrogens with one attached hydrogen (secondary N) is 2. The molecule has 0 aliphatic heterocycles. The van der Waals surface area contributed by atoms with E-state index in [0.29, 0.717) is 5.82 Å². The van der Waals surface area contributed by atoms with Crippen molar-refractivity contribution in [2.45, 2.75) is 13.5 Å². The third-order valence-corrected chi connectivity index (χ3v) is 3.06. The number of hydrogen-bond acceptors (Lipinski definition) is 4. The number of carbonyl (C=O) groups is 1. The molecule has 0 saturated carbocycles. The van der Waals surface area contributed by atoms with Crippen LogP contribution in [-0.4, -0.2) is 30.9 Å². The molecule has 21 heavy (non-hydrogen) atoms. The summed E-state index contributed by atoms with van der Waals surface area (Å²) in [6, 6.07) is 7.37. The number of rotatable bonds is 4. The monoisotopic (exact) mass is 282 g/mol. The van der Waals surface area contributed by atoms with Crippen molar-refractivity contribution >= 4 is 11.7 Å². The summed E-state index contributed by atoms with van der Waals surface area (Å²) in [6.45, 7) is 2.06. The van der Waals surface area contributed by atoms with E-state index in [0.717, 1.165) is 17.0 Å². The van der Waals surface area contributed by atoms with Gasteiger partial charge in [0.05, 0.1) is 5.69 Å². The van der Waals surface area contributed by atoms with Crippen LogP contribution in [0.25, 0.3) is 11.3 Å². The Bertz CT molecular complexity index is 746. The number of hydrogen-bond donors (Lipinski definition) is 2. The standard InChI is InChI=1S/C14H14N6O/c1-10-2-7-16-20(10)9-14(21)17-13-8-12(18-19-13)11-3-5-15-6-4-11/h2-8H,9H2,1H3,(H2,17,18,19,21).